The summed E-state index contributed by atoms with van der Waals surface area (Å²) in [4.78, 5) is 12.0. The van der Waals surface area contributed by atoms with Gasteiger partial charge >= 0.3 is 6.01 Å². The van der Waals surface area contributed by atoms with Crippen LogP contribution < -0.4 is 15.8 Å². The molecule has 7 heteroatoms. The molecule has 0 aliphatic carbocycles. The second-order valence-corrected chi connectivity index (χ2v) is 5.91. The maximum Gasteiger partial charge on any atom is 0.323 e. The normalized spacial score (nSPS) is 14.4. The second kappa shape index (κ2) is 6.69. The molecule has 1 heterocycles. The SMILES string of the molecule is CC(C)CC(C)(O)CNc1nc(N)nc(OC(C)C)n1. The van der Waals surface area contributed by atoms with Gasteiger partial charge in [-0.1, -0.05) is 13.8 Å². The van der Waals surface area contributed by atoms with E-state index in [1.54, 1.807) is 6.92 Å². The van der Waals surface area contributed by atoms with Crippen LogP contribution in [-0.4, -0.2) is 38.3 Å². The number of aromatic nitrogens is 3. The van der Waals surface area contributed by atoms with E-state index in [4.69, 9.17) is 10.5 Å². The zero-order chi connectivity index (χ0) is 15.3. The Bertz CT molecular complexity index is 435. The Morgan fingerprint density at radius 3 is 2.45 bits per heavy atom. The molecule has 114 valence electrons. The summed E-state index contributed by atoms with van der Waals surface area (Å²) in [6.07, 6.45) is 0.629. The number of aliphatic hydroxyl groups is 1. The first kappa shape index (κ1) is 16.4. The van der Waals surface area contributed by atoms with Crippen LogP contribution in [0.1, 0.15) is 41.0 Å². The van der Waals surface area contributed by atoms with E-state index in [0.29, 0.717) is 24.8 Å². The number of rotatable bonds is 7. The molecule has 4 N–H and O–H groups in total. The summed E-state index contributed by atoms with van der Waals surface area (Å²) >= 11 is 0. The lowest BCUT2D eigenvalue weighted by atomic mass is 9.94. The summed E-state index contributed by atoms with van der Waals surface area (Å²) in [7, 11) is 0. The van der Waals surface area contributed by atoms with Crippen molar-refractivity contribution in [2.24, 2.45) is 5.92 Å². The van der Waals surface area contributed by atoms with Crippen molar-refractivity contribution in [2.75, 3.05) is 17.6 Å². The van der Waals surface area contributed by atoms with E-state index in [1.165, 1.54) is 0 Å². The first-order valence-electron chi connectivity index (χ1n) is 6.82. The number of hydrogen-bond donors (Lipinski definition) is 3. The first-order chi connectivity index (χ1) is 9.18. The fourth-order valence-electron chi connectivity index (χ4n) is 1.94. The molecule has 0 bridgehead atoms. The van der Waals surface area contributed by atoms with Crippen molar-refractivity contribution in [3.63, 3.8) is 0 Å². The Morgan fingerprint density at radius 1 is 1.25 bits per heavy atom. The molecule has 0 radical (unpaired) electrons. The van der Waals surface area contributed by atoms with Gasteiger partial charge < -0.3 is 20.9 Å². The van der Waals surface area contributed by atoms with Gasteiger partial charge in [0.2, 0.25) is 11.9 Å². The molecule has 0 aromatic carbocycles. The van der Waals surface area contributed by atoms with Crippen LogP contribution in [0.4, 0.5) is 11.9 Å². The van der Waals surface area contributed by atoms with Crippen LogP contribution >= 0.6 is 0 Å². The largest absolute Gasteiger partial charge is 0.461 e. The molecule has 0 amide bonds. The smallest absolute Gasteiger partial charge is 0.323 e. The lowest BCUT2D eigenvalue weighted by molar-refractivity contribution is 0.0513. The third-order valence-electron chi connectivity index (χ3n) is 2.45. The minimum atomic E-state index is -0.839. The van der Waals surface area contributed by atoms with Crippen LogP contribution in [0.3, 0.4) is 0 Å². The predicted octanol–water partition coefficient (Wildman–Crippen LogP) is 1.45. The average molecular weight is 283 g/mol. The van der Waals surface area contributed by atoms with E-state index in [0.717, 1.165) is 0 Å². The van der Waals surface area contributed by atoms with Crippen molar-refractivity contribution in [1.29, 1.82) is 0 Å². The Kier molecular flexibility index (Phi) is 5.50. The predicted molar refractivity (Wildman–Crippen MR) is 78.6 cm³/mol. The highest BCUT2D eigenvalue weighted by atomic mass is 16.5. The van der Waals surface area contributed by atoms with E-state index in [9.17, 15) is 5.11 Å². The van der Waals surface area contributed by atoms with Crippen molar-refractivity contribution < 1.29 is 9.84 Å². The van der Waals surface area contributed by atoms with Crippen molar-refractivity contribution in [2.45, 2.75) is 52.7 Å². The number of nitrogen functional groups attached to an aromatic ring is 1. The summed E-state index contributed by atoms with van der Waals surface area (Å²) in [5, 5.41) is 13.2. The first-order valence-corrected chi connectivity index (χ1v) is 6.82. The minimum Gasteiger partial charge on any atom is -0.461 e. The molecule has 0 fully saturated rings. The molecular weight excluding hydrogens is 258 g/mol. The maximum absolute atomic E-state index is 10.2. The number of nitrogens with zero attached hydrogens (tertiary/aromatic N) is 3. The van der Waals surface area contributed by atoms with Gasteiger partial charge in [0.05, 0.1) is 11.7 Å². The molecule has 1 atom stereocenters. The van der Waals surface area contributed by atoms with Crippen LogP contribution in [0.5, 0.6) is 6.01 Å². The standard InChI is InChI=1S/C13H25N5O2/c1-8(2)6-13(5,19)7-15-11-16-10(14)17-12(18-11)20-9(3)4/h8-9,19H,6-7H2,1-5H3,(H3,14,15,16,17,18). The zero-order valence-electron chi connectivity index (χ0n) is 12.8. The molecule has 0 spiro atoms. The fraction of sp³-hybridized carbons (Fsp3) is 0.769. The van der Waals surface area contributed by atoms with Crippen LogP contribution in [0.2, 0.25) is 0 Å². The molecule has 1 unspecified atom stereocenters. The number of nitrogens with one attached hydrogen (secondary N) is 1. The lowest BCUT2D eigenvalue weighted by Crippen LogP contribution is -2.35. The number of anilines is 2. The molecule has 0 aliphatic rings. The Balaban J connectivity index is 2.70. The average Bonchev–Trinajstić information content (AvgIpc) is 2.23. The topological polar surface area (TPSA) is 106 Å². The summed E-state index contributed by atoms with van der Waals surface area (Å²) in [6.45, 7) is 9.97. The summed E-state index contributed by atoms with van der Waals surface area (Å²) in [5.74, 6) is 0.786. The van der Waals surface area contributed by atoms with Crippen LogP contribution in [-0.2, 0) is 0 Å². The monoisotopic (exact) mass is 283 g/mol. The van der Waals surface area contributed by atoms with Gasteiger partial charge in [-0.25, -0.2) is 0 Å². The Hall–Kier alpha value is -1.63. The minimum absolute atomic E-state index is 0.0475. The van der Waals surface area contributed by atoms with Gasteiger partial charge in [-0.15, -0.1) is 0 Å². The third-order valence-corrected chi connectivity index (χ3v) is 2.45. The van der Waals surface area contributed by atoms with Crippen molar-refractivity contribution in [3.05, 3.63) is 0 Å². The summed E-state index contributed by atoms with van der Waals surface area (Å²) in [6, 6.07) is 0.179. The zero-order valence-corrected chi connectivity index (χ0v) is 12.8. The molecule has 7 nitrogen and oxygen atoms in total. The van der Waals surface area contributed by atoms with E-state index >= 15 is 0 Å². The second-order valence-electron chi connectivity index (χ2n) is 5.91. The molecule has 0 saturated heterocycles. The number of nitrogens with two attached hydrogens (primary N) is 1. The summed E-state index contributed by atoms with van der Waals surface area (Å²) in [5.41, 5.74) is 4.77. The highest BCUT2D eigenvalue weighted by Gasteiger charge is 2.22. The van der Waals surface area contributed by atoms with Crippen LogP contribution in [0.15, 0.2) is 0 Å². The fourth-order valence-corrected chi connectivity index (χ4v) is 1.94. The Morgan fingerprint density at radius 2 is 1.90 bits per heavy atom. The van der Waals surface area contributed by atoms with Gasteiger partial charge in [0.25, 0.3) is 0 Å². The van der Waals surface area contributed by atoms with Gasteiger partial charge in [0.1, 0.15) is 0 Å². The quantitative estimate of drug-likeness (QED) is 0.695. The van der Waals surface area contributed by atoms with Crippen LogP contribution in [0.25, 0.3) is 0 Å². The van der Waals surface area contributed by atoms with Crippen LogP contribution in [0, 0.1) is 5.92 Å². The van der Waals surface area contributed by atoms with Crippen molar-refractivity contribution in [1.82, 2.24) is 15.0 Å². The molecule has 1 aromatic rings. The van der Waals surface area contributed by atoms with Gasteiger partial charge in [0.15, 0.2) is 0 Å². The van der Waals surface area contributed by atoms with Gasteiger partial charge in [0, 0.05) is 6.54 Å². The highest BCUT2D eigenvalue weighted by Crippen LogP contribution is 2.17. The molecule has 1 rings (SSSR count). The number of hydrogen-bond acceptors (Lipinski definition) is 7. The van der Waals surface area contributed by atoms with Gasteiger partial charge in [-0.05, 0) is 33.1 Å². The van der Waals surface area contributed by atoms with E-state index < -0.39 is 5.60 Å². The maximum atomic E-state index is 10.2. The van der Waals surface area contributed by atoms with E-state index in [2.05, 4.69) is 34.1 Å². The number of ether oxygens (including phenoxy) is 1. The highest BCUT2D eigenvalue weighted by molar-refractivity contribution is 5.32. The Labute approximate surface area is 120 Å². The lowest BCUT2D eigenvalue weighted by Gasteiger charge is -2.25. The van der Waals surface area contributed by atoms with Crippen molar-refractivity contribution >= 4 is 11.9 Å². The molecule has 20 heavy (non-hydrogen) atoms. The van der Waals surface area contributed by atoms with Gasteiger partial charge in [-0.2, -0.15) is 15.0 Å². The molecule has 0 aliphatic heterocycles. The molecule has 0 saturated carbocycles. The molecular formula is C13H25N5O2. The van der Waals surface area contributed by atoms with Gasteiger partial charge in [-0.3, -0.25) is 0 Å². The molecule has 1 aromatic heterocycles. The third kappa shape index (κ3) is 6.01. The van der Waals surface area contributed by atoms with E-state index in [1.807, 2.05) is 13.8 Å². The van der Waals surface area contributed by atoms with Crippen molar-refractivity contribution in [3.8, 4) is 6.01 Å². The van der Waals surface area contributed by atoms with E-state index in [-0.39, 0.29) is 18.1 Å². The summed E-state index contributed by atoms with van der Waals surface area (Å²) < 4.78 is 5.39.